The van der Waals surface area contributed by atoms with E-state index < -0.39 is 6.29 Å². The molecule has 54 heavy (non-hydrogen) atoms. The van der Waals surface area contributed by atoms with E-state index in [0.717, 1.165) is 84.6 Å². The van der Waals surface area contributed by atoms with Crippen molar-refractivity contribution >= 4 is 16.9 Å². The maximum Gasteiger partial charge on any atom is 0.271 e. The zero-order valence-corrected chi connectivity index (χ0v) is 30.3. The number of rotatable bonds is 11. The normalized spacial score (nSPS) is 19.5. The zero-order chi connectivity index (χ0) is 36.7. The van der Waals surface area contributed by atoms with Gasteiger partial charge in [0.2, 0.25) is 0 Å². The Kier molecular flexibility index (Phi) is 11.1. The second-order valence-corrected chi connectivity index (χ2v) is 14.2. The van der Waals surface area contributed by atoms with Gasteiger partial charge in [-0.2, -0.15) is 0 Å². The number of aliphatic hydroxyl groups is 1. The summed E-state index contributed by atoms with van der Waals surface area (Å²) in [4.78, 5) is 26.9. The van der Waals surface area contributed by atoms with Crippen LogP contribution in [0.2, 0.25) is 0 Å². The molecular weight excluding hydrogens is 675 g/mol. The zero-order valence-electron chi connectivity index (χ0n) is 30.3. The molecular formula is C45H45N5O4. The van der Waals surface area contributed by atoms with Crippen molar-refractivity contribution in [3.8, 4) is 11.1 Å². The highest BCUT2D eigenvalue weighted by Crippen LogP contribution is 2.39. The third kappa shape index (κ3) is 8.73. The average molecular weight is 720 g/mol. The van der Waals surface area contributed by atoms with Crippen molar-refractivity contribution in [2.24, 2.45) is 0 Å². The van der Waals surface area contributed by atoms with E-state index in [-0.39, 0.29) is 30.4 Å². The minimum Gasteiger partial charge on any atom is -0.392 e. The van der Waals surface area contributed by atoms with Crippen LogP contribution in [0.5, 0.6) is 0 Å². The number of hydrogen-bond donors (Lipinski definition) is 2. The average Bonchev–Trinajstić information content (AvgIpc) is 3.24. The first-order valence-electron chi connectivity index (χ1n) is 18.7. The molecule has 5 aromatic carbocycles. The fourth-order valence-corrected chi connectivity index (χ4v) is 7.36. The van der Waals surface area contributed by atoms with E-state index in [1.165, 1.54) is 11.8 Å². The van der Waals surface area contributed by atoms with E-state index in [0.29, 0.717) is 12.1 Å². The topological polar surface area (TPSA) is 100 Å². The van der Waals surface area contributed by atoms with Gasteiger partial charge in [0.15, 0.2) is 6.29 Å². The molecule has 0 bridgehead atoms. The first-order valence-corrected chi connectivity index (χ1v) is 18.7. The van der Waals surface area contributed by atoms with E-state index in [9.17, 15) is 9.90 Å². The molecule has 1 aromatic heterocycles. The number of nitrogens with one attached hydrogen (secondary N) is 1. The Morgan fingerprint density at radius 2 is 1.41 bits per heavy atom. The maximum atomic E-state index is 13.0. The Balaban J connectivity index is 0.952. The summed E-state index contributed by atoms with van der Waals surface area (Å²) in [7, 11) is 0. The molecule has 6 aromatic rings. The van der Waals surface area contributed by atoms with Crippen molar-refractivity contribution in [2.45, 2.75) is 44.6 Å². The predicted molar refractivity (Wildman–Crippen MR) is 209 cm³/mol. The van der Waals surface area contributed by atoms with Gasteiger partial charge in [0, 0.05) is 57.8 Å². The van der Waals surface area contributed by atoms with Gasteiger partial charge < -0.3 is 19.9 Å². The highest BCUT2D eigenvalue weighted by atomic mass is 16.7. The van der Waals surface area contributed by atoms with Crippen LogP contribution in [0, 0.1) is 0 Å². The molecule has 0 radical (unpaired) electrons. The number of piperazine rings is 1. The first-order chi connectivity index (χ1) is 26.6. The number of carbonyl (C=O) groups is 1. The van der Waals surface area contributed by atoms with Crippen LogP contribution in [0.3, 0.4) is 0 Å². The van der Waals surface area contributed by atoms with Gasteiger partial charge in [-0.3, -0.25) is 19.6 Å². The van der Waals surface area contributed by atoms with Gasteiger partial charge in [-0.05, 0) is 57.6 Å². The Bertz CT molecular complexity index is 2170. The van der Waals surface area contributed by atoms with E-state index in [2.05, 4.69) is 97.9 Å². The van der Waals surface area contributed by atoms with Crippen LogP contribution in [0.4, 0.5) is 0 Å². The molecule has 0 spiro atoms. The van der Waals surface area contributed by atoms with Crippen LogP contribution in [-0.2, 0) is 29.2 Å². The van der Waals surface area contributed by atoms with E-state index in [1.54, 1.807) is 0 Å². The molecule has 3 heterocycles. The summed E-state index contributed by atoms with van der Waals surface area (Å²) in [5, 5.41) is 12.6. The summed E-state index contributed by atoms with van der Waals surface area (Å²) in [6.45, 7) is 6.22. The molecule has 274 valence electrons. The van der Waals surface area contributed by atoms with Crippen LogP contribution in [0.15, 0.2) is 134 Å². The number of aliphatic hydroxyl groups excluding tert-OH is 1. The standard InChI is InChI=1S/C45H45N5O4/c51-31-33-16-18-35(19-17-33)43-26-39(30-50-22-20-49(21-23-50)29-32-8-2-1-3-9-32)53-45(54-43)38-13-7-12-37(25-38)36-11-6-10-34(24-36)27-47-44(52)42-28-46-40-14-4-5-15-41(40)48-42/h1-19,24-25,28,39,43,45,51H,20-23,26-27,29-31H2,(H,47,52)/t39-,43+,45+/m0/s1. The third-order valence-corrected chi connectivity index (χ3v) is 10.3. The maximum absolute atomic E-state index is 13.0. The highest BCUT2D eigenvalue weighted by molar-refractivity contribution is 5.93. The number of benzene rings is 5. The number of nitrogens with zero attached hydrogens (tertiary/aromatic N) is 4. The van der Waals surface area contributed by atoms with Crippen molar-refractivity contribution in [3.63, 3.8) is 0 Å². The fourth-order valence-electron chi connectivity index (χ4n) is 7.36. The lowest BCUT2D eigenvalue weighted by molar-refractivity contribution is -0.253. The largest absolute Gasteiger partial charge is 0.392 e. The van der Waals surface area contributed by atoms with Crippen molar-refractivity contribution in [3.05, 3.63) is 167 Å². The number of aromatic nitrogens is 2. The van der Waals surface area contributed by atoms with Gasteiger partial charge in [-0.25, -0.2) is 4.98 Å². The molecule has 2 N–H and O–H groups in total. The SMILES string of the molecule is O=C(NCc1cccc(-c2cccc([C@@H]3O[C@H](CN4CCN(Cc5ccccc5)CC4)C[C@H](c4ccc(CO)cc4)O3)c2)c1)c1cnc2ccccc2n1. The molecule has 9 heteroatoms. The molecule has 8 rings (SSSR count). The molecule has 1 amide bonds. The number of hydrogen-bond acceptors (Lipinski definition) is 8. The smallest absolute Gasteiger partial charge is 0.271 e. The van der Waals surface area contributed by atoms with Gasteiger partial charge >= 0.3 is 0 Å². The molecule has 2 aliphatic rings. The number of ether oxygens (including phenoxy) is 2. The Hall–Kier alpha value is -5.29. The van der Waals surface area contributed by atoms with Crippen LogP contribution >= 0.6 is 0 Å². The Morgan fingerprint density at radius 3 is 2.20 bits per heavy atom. The summed E-state index contributed by atoms with van der Waals surface area (Å²) in [5.74, 6) is -0.267. The molecule has 0 saturated carbocycles. The summed E-state index contributed by atoms with van der Waals surface area (Å²) in [6, 6.07) is 42.8. The summed E-state index contributed by atoms with van der Waals surface area (Å²) < 4.78 is 13.5. The molecule has 0 unspecified atom stereocenters. The fraction of sp³-hybridized carbons (Fsp3) is 0.267. The highest BCUT2D eigenvalue weighted by Gasteiger charge is 2.34. The third-order valence-electron chi connectivity index (χ3n) is 10.3. The summed E-state index contributed by atoms with van der Waals surface area (Å²) in [5.41, 5.74) is 9.04. The second-order valence-electron chi connectivity index (χ2n) is 14.2. The van der Waals surface area contributed by atoms with Crippen LogP contribution in [0.1, 0.15) is 57.1 Å². The molecule has 2 aliphatic heterocycles. The molecule has 9 nitrogen and oxygen atoms in total. The Morgan fingerprint density at radius 1 is 0.704 bits per heavy atom. The number of amides is 1. The summed E-state index contributed by atoms with van der Waals surface area (Å²) >= 11 is 0. The number of para-hydroxylation sites is 2. The van der Waals surface area contributed by atoms with Crippen LogP contribution in [-0.4, -0.2) is 69.6 Å². The van der Waals surface area contributed by atoms with Crippen LogP contribution in [0.25, 0.3) is 22.2 Å². The van der Waals surface area contributed by atoms with Crippen molar-refractivity contribution in [1.82, 2.24) is 25.1 Å². The molecule has 2 saturated heterocycles. The number of fused-ring (bicyclic) bond motifs is 1. The minimum absolute atomic E-state index is 0.00984. The van der Waals surface area contributed by atoms with E-state index in [4.69, 9.17) is 9.47 Å². The summed E-state index contributed by atoms with van der Waals surface area (Å²) in [6.07, 6.45) is 1.55. The van der Waals surface area contributed by atoms with Crippen molar-refractivity contribution in [2.75, 3.05) is 32.7 Å². The van der Waals surface area contributed by atoms with Gasteiger partial charge in [0.05, 0.1) is 36.0 Å². The second kappa shape index (κ2) is 16.8. The lowest BCUT2D eigenvalue weighted by Gasteiger charge is -2.41. The minimum atomic E-state index is -0.545. The molecule has 2 fully saturated rings. The van der Waals surface area contributed by atoms with Gasteiger partial charge in [0.1, 0.15) is 5.69 Å². The Labute approximate surface area is 316 Å². The first kappa shape index (κ1) is 35.7. The van der Waals surface area contributed by atoms with Gasteiger partial charge in [0.25, 0.3) is 5.91 Å². The monoisotopic (exact) mass is 719 g/mol. The predicted octanol–water partition coefficient (Wildman–Crippen LogP) is 7.08. The van der Waals surface area contributed by atoms with E-state index in [1.807, 2.05) is 54.6 Å². The lowest BCUT2D eigenvalue weighted by atomic mass is 9.98. The molecule has 0 aliphatic carbocycles. The van der Waals surface area contributed by atoms with Gasteiger partial charge in [-0.1, -0.05) is 103 Å². The van der Waals surface area contributed by atoms with Crippen LogP contribution < -0.4 is 5.32 Å². The quantitative estimate of drug-likeness (QED) is 0.147. The van der Waals surface area contributed by atoms with E-state index >= 15 is 0 Å². The molecule has 3 atom stereocenters. The van der Waals surface area contributed by atoms with Gasteiger partial charge in [-0.15, -0.1) is 0 Å². The number of carbonyl (C=O) groups excluding carboxylic acids is 1. The van der Waals surface area contributed by atoms with Crippen molar-refractivity contribution < 1.29 is 19.4 Å². The van der Waals surface area contributed by atoms with Crippen molar-refractivity contribution in [1.29, 1.82) is 0 Å². The lowest BCUT2D eigenvalue weighted by Crippen LogP contribution is -2.49.